The molecule has 0 bridgehead atoms. The second-order valence-electron chi connectivity index (χ2n) is 6.44. The molecule has 2 N–H and O–H groups in total. The summed E-state index contributed by atoms with van der Waals surface area (Å²) in [5, 5.41) is 13.1. The average molecular weight is 358 g/mol. The number of hydrogen-bond donors (Lipinski definition) is 2. The highest BCUT2D eigenvalue weighted by atomic mass is 32.1. The van der Waals surface area contributed by atoms with Gasteiger partial charge in [-0.1, -0.05) is 0 Å². The number of carboxylic acid groups (broad SMARTS) is 1. The highest BCUT2D eigenvalue weighted by molar-refractivity contribution is 7.11. The Morgan fingerprint density at radius 1 is 1.20 bits per heavy atom. The third-order valence-corrected chi connectivity index (χ3v) is 5.55. The molecule has 132 valence electrons. The molecule has 1 heterocycles. The summed E-state index contributed by atoms with van der Waals surface area (Å²) in [5.74, 6) is -1.25. The summed E-state index contributed by atoms with van der Waals surface area (Å²) < 4.78 is 0. The van der Waals surface area contributed by atoms with Crippen LogP contribution in [0.1, 0.15) is 61.1 Å². The highest BCUT2D eigenvalue weighted by Crippen LogP contribution is 2.27. The van der Waals surface area contributed by atoms with Gasteiger partial charge in [0.25, 0.3) is 5.91 Å². The third-order valence-electron chi connectivity index (χ3n) is 4.33. The predicted molar refractivity (Wildman–Crippen MR) is 97.5 cm³/mol. The Bertz CT molecular complexity index is 774. The van der Waals surface area contributed by atoms with Crippen LogP contribution in [0.2, 0.25) is 0 Å². The summed E-state index contributed by atoms with van der Waals surface area (Å²) in [7, 11) is 0. The largest absolute Gasteiger partial charge is 0.478 e. The van der Waals surface area contributed by atoms with Crippen molar-refractivity contribution < 1.29 is 14.7 Å². The van der Waals surface area contributed by atoms with Gasteiger partial charge >= 0.3 is 5.97 Å². The average Bonchev–Trinajstić information content (AvgIpc) is 3.00. The van der Waals surface area contributed by atoms with E-state index >= 15 is 0 Å². The molecule has 1 amide bonds. The minimum Gasteiger partial charge on any atom is -0.478 e. The van der Waals surface area contributed by atoms with E-state index in [2.05, 4.69) is 5.32 Å². The van der Waals surface area contributed by atoms with Crippen LogP contribution in [0.4, 0.5) is 0 Å². The number of aromatic carboxylic acids is 1. The van der Waals surface area contributed by atoms with E-state index in [9.17, 15) is 9.59 Å². The SMILES string of the molecule is Cc1cc(C(=O)O)cc(C(=O)NCCCc2nc3c(s2)CCCC3)c1. The number of carbonyl (C=O) groups is 2. The molecule has 0 aliphatic heterocycles. The standard InChI is InChI=1S/C19H22N2O3S/c1-12-9-13(11-14(10-12)19(23)24)18(22)20-8-4-7-17-21-15-5-2-3-6-16(15)25-17/h9-11H,2-8H2,1H3,(H,20,22)(H,23,24). The van der Waals surface area contributed by atoms with Gasteiger partial charge in [0.2, 0.25) is 0 Å². The summed E-state index contributed by atoms with van der Waals surface area (Å²) in [5.41, 5.74) is 2.57. The lowest BCUT2D eigenvalue weighted by atomic mass is 10.0. The fourth-order valence-corrected chi connectivity index (χ4v) is 4.29. The van der Waals surface area contributed by atoms with Crippen molar-refractivity contribution in [1.29, 1.82) is 0 Å². The number of thiazole rings is 1. The van der Waals surface area contributed by atoms with E-state index in [1.54, 1.807) is 19.1 Å². The van der Waals surface area contributed by atoms with E-state index in [-0.39, 0.29) is 11.5 Å². The van der Waals surface area contributed by atoms with Crippen LogP contribution in [-0.4, -0.2) is 28.5 Å². The lowest BCUT2D eigenvalue weighted by Gasteiger charge is -2.07. The maximum atomic E-state index is 12.2. The molecule has 0 radical (unpaired) electrons. The summed E-state index contributed by atoms with van der Waals surface area (Å²) in [6, 6.07) is 4.68. The van der Waals surface area contributed by atoms with Crippen LogP contribution in [0.5, 0.6) is 0 Å². The molecule has 0 spiro atoms. The van der Waals surface area contributed by atoms with Gasteiger partial charge in [-0.15, -0.1) is 11.3 Å². The smallest absolute Gasteiger partial charge is 0.335 e. The second-order valence-corrected chi connectivity index (χ2v) is 7.61. The molecular weight excluding hydrogens is 336 g/mol. The van der Waals surface area contributed by atoms with Crippen LogP contribution in [-0.2, 0) is 19.3 Å². The Morgan fingerprint density at radius 2 is 1.96 bits per heavy atom. The number of hydrogen-bond acceptors (Lipinski definition) is 4. The number of aromatic nitrogens is 1. The summed E-state index contributed by atoms with van der Waals surface area (Å²) in [6.45, 7) is 2.34. The van der Waals surface area contributed by atoms with Gasteiger partial charge in [0.15, 0.2) is 0 Å². The lowest BCUT2D eigenvalue weighted by molar-refractivity contribution is 0.0696. The quantitative estimate of drug-likeness (QED) is 0.776. The van der Waals surface area contributed by atoms with Crippen LogP contribution in [0, 0.1) is 6.92 Å². The van der Waals surface area contributed by atoms with E-state index in [1.807, 2.05) is 11.3 Å². The van der Waals surface area contributed by atoms with Crippen molar-refractivity contribution in [3.63, 3.8) is 0 Å². The monoisotopic (exact) mass is 358 g/mol. The molecule has 0 atom stereocenters. The number of aryl methyl sites for hydroxylation is 4. The van der Waals surface area contributed by atoms with Crippen LogP contribution < -0.4 is 5.32 Å². The number of benzene rings is 1. The Kier molecular flexibility index (Phi) is 5.48. The number of nitrogens with zero attached hydrogens (tertiary/aromatic N) is 1. The first-order valence-electron chi connectivity index (χ1n) is 8.63. The molecule has 1 aromatic heterocycles. The van der Waals surface area contributed by atoms with Crippen LogP contribution in [0.25, 0.3) is 0 Å². The zero-order chi connectivity index (χ0) is 17.8. The molecular formula is C19H22N2O3S. The predicted octanol–water partition coefficient (Wildman–Crippen LogP) is 3.39. The molecule has 1 aromatic carbocycles. The van der Waals surface area contributed by atoms with Gasteiger partial charge in [0, 0.05) is 23.4 Å². The Hall–Kier alpha value is -2.21. The fraction of sp³-hybridized carbons (Fsp3) is 0.421. The van der Waals surface area contributed by atoms with E-state index in [4.69, 9.17) is 10.1 Å². The first-order chi connectivity index (χ1) is 12.0. The van der Waals surface area contributed by atoms with Gasteiger partial charge in [0.1, 0.15) is 0 Å². The molecule has 3 rings (SSSR count). The Morgan fingerprint density at radius 3 is 2.72 bits per heavy atom. The zero-order valence-corrected chi connectivity index (χ0v) is 15.1. The van der Waals surface area contributed by atoms with Gasteiger partial charge in [0.05, 0.1) is 16.3 Å². The van der Waals surface area contributed by atoms with Crippen molar-refractivity contribution in [2.45, 2.75) is 45.4 Å². The van der Waals surface area contributed by atoms with Gasteiger partial charge in [-0.3, -0.25) is 4.79 Å². The molecule has 5 nitrogen and oxygen atoms in total. The second kappa shape index (κ2) is 7.78. The first-order valence-corrected chi connectivity index (χ1v) is 9.45. The number of amides is 1. The number of carbonyl (C=O) groups excluding carboxylic acids is 1. The zero-order valence-electron chi connectivity index (χ0n) is 14.3. The molecule has 0 unspecified atom stereocenters. The van der Waals surface area contributed by atoms with E-state index in [0.717, 1.165) is 36.3 Å². The topological polar surface area (TPSA) is 79.3 Å². The van der Waals surface area contributed by atoms with Crippen molar-refractivity contribution in [3.8, 4) is 0 Å². The van der Waals surface area contributed by atoms with E-state index < -0.39 is 5.97 Å². The highest BCUT2D eigenvalue weighted by Gasteiger charge is 2.15. The van der Waals surface area contributed by atoms with Gasteiger partial charge in [-0.25, -0.2) is 9.78 Å². The van der Waals surface area contributed by atoms with E-state index in [1.165, 1.54) is 29.5 Å². The van der Waals surface area contributed by atoms with E-state index in [0.29, 0.717) is 12.1 Å². The van der Waals surface area contributed by atoms with Gasteiger partial charge in [-0.2, -0.15) is 0 Å². The summed E-state index contributed by atoms with van der Waals surface area (Å²) in [6.07, 6.45) is 6.45. The van der Waals surface area contributed by atoms with Crippen molar-refractivity contribution in [1.82, 2.24) is 10.3 Å². The maximum absolute atomic E-state index is 12.2. The summed E-state index contributed by atoms with van der Waals surface area (Å²) in [4.78, 5) is 29.5. The molecule has 6 heteroatoms. The molecule has 1 aliphatic carbocycles. The van der Waals surface area contributed by atoms with Crippen molar-refractivity contribution in [2.75, 3.05) is 6.54 Å². The Labute approximate surface area is 151 Å². The van der Waals surface area contributed by atoms with Crippen molar-refractivity contribution >= 4 is 23.2 Å². The van der Waals surface area contributed by atoms with Crippen molar-refractivity contribution in [3.05, 3.63) is 50.5 Å². The Balaban J connectivity index is 1.51. The first kappa shape index (κ1) is 17.6. The molecule has 0 saturated carbocycles. The molecule has 25 heavy (non-hydrogen) atoms. The molecule has 0 saturated heterocycles. The third kappa shape index (κ3) is 4.45. The molecule has 2 aromatic rings. The number of carboxylic acids is 1. The molecule has 1 aliphatic rings. The lowest BCUT2D eigenvalue weighted by Crippen LogP contribution is -2.25. The maximum Gasteiger partial charge on any atom is 0.335 e. The van der Waals surface area contributed by atoms with Crippen LogP contribution in [0.3, 0.4) is 0 Å². The number of fused-ring (bicyclic) bond motifs is 1. The van der Waals surface area contributed by atoms with Gasteiger partial charge in [-0.05, 0) is 62.8 Å². The summed E-state index contributed by atoms with van der Waals surface area (Å²) >= 11 is 1.81. The normalized spacial score (nSPS) is 13.3. The minimum atomic E-state index is -1.02. The van der Waals surface area contributed by atoms with Crippen molar-refractivity contribution in [2.24, 2.45) is 0 Å². The van der Waals surface area contributed by atoms with Crippen LogP contribution >= 0.6 is 11.3 Å². The van der Waals surface area contributed by atoms with Gasteiger partial charge < -0.3 is 10.4 Å². The number of rotatable bonds is 6. The number of nitrogens with one attached hydrogen (secondary N) is 1. The minimum absolute atomic E-state index is 0.138. The van der Waals surface area contributed by atoms with Crippen LogP contribution in [0.15, 0.2) is 18.2 Å². The molecule has 0 fully saturated rings. The fourth-order valence-electron chi connectivity index (χ4n) is 3.09.